The van der Waals surface area contributed by atoms with Gasteiger partial charge in [0.1, 0.15) is 16.4 Å². The number of fused-ring (bicyclic) bond motifs is 1. The Bertz CT molecular complexity index is 1070. The van der Waals surface area contributed by atoms with Gasteiger partial charge in [-0.05, 0) is 36.6 Å². The molecule has 3 aromatic rings. The number of rotatable bonds is 6. The minimum absolute atomic E-state index is 0.0219. The largest absolute Gasteiger partial charge is 0.496 e. The van der Waals surface area contributed by atoms with Gasteiger partial charge in [-0.25, -0.2) is 4.98 Å². The van der Waals surface area contributed by atoms with E-state index in [0.717, 1.165) is 33.1 Å². The molecule has 0 aliphatic heterocycles. The van der Waals surface area contributed by atoms with E-state index in [1.54, 1.807) is 11.7 Å². The summed E-state index contributed by atoms with van der Waals surface area (Å²) >= 11 is 1.50. The average molecular weight is 382 g/mol. The Morgan fingerprint density at radius 1 is 1.37 bits per heavy atom. The fraction of sp³-hybridized carbons (Fsp3) is 0.381. The highest BCUT2D eigenvalue weighted by atomic mass is 32.1. The first-order valence-electron chi connectivity index (χ1n) is 9.01. The maximum atomic E-state index is 13.3. The van der Waals surface area contributed by atoms with Crippen LogP contribution in [0.3, 0.4) is 0 Å². The molecule has 0 fully saturated rings. The third-order valence-corrected chi connectivity index (χ3v) is 5.49. The van der Waals surface area contributed by atoms with Crippen LogP contribution < -0.4 is 10.3 Å². The van der Waals surface area contributed by atoms with Crippen LogP contribution in [0.15, 0.2) is 28.4 Å². The van der Waals surface area contributed by atoms with Crippen LogP contribution in [0.2, 0.25) is 0 Å². The van der Waals surface area contributed by atoms with E-state index in [1.165, 1.54) is 11.3 Å². The molecule has 2 heterocycles. The van der Waals surface area contributed by atoms with Crippen molar-refractivity contribution in [2.45, 2.75) is 46.1 Å². The fourth-order valence-corrected chi connectivity index (χ4v) is 4.22. The van der Waals surface area contributed by atoms with Crippen LogP contribution in [0, 0.1) is 18.3 Å². The van der Waals surface area contributed by atoms with Gasteiger partial charge in [-0.2, -0.15) is 5.26 Å². The van der Waals surface area contributed by atoms with Crippen LogP contribution in [-0.4, -0.2) is 16.7 Å². The molecule has 140 valence electrons. The Labute approximate surface area is 162 Å². The Kier molecular flexibility index (Phi) is 5.62. The van der Waals surface area contributed by atoms with E-state index in [9.17, 15) is 4.79 Å². The SMILES string of the molecule is COc1ccc(-c2csc3nc(C(C)C)n(CCCC#N)c(=O)c23)cc1C. The predicted molar refractivity (Wildman–Crippen MR) is 110 cm³/mol. The van der Waals surface area contributed by atoms with Crippen LogP contribution in [0.1, 0.15) is 44.0 Å². The Hall–Kier alpha value is -2.65. The zero-order valence-electron chi connectivity index (χ0n) is 16.1. The lowest BCUT2D eigenvalue weighted by Gasteiger charge is -2.15. The van der Waals surface area contributed by atoms with Crippen molar-refractivity contribution in [1.29, 1.82) is 5.26 Å². The van der Waals surface area contributed by atoms with Gasteiger partial charge >= 0.3 is 0 Å². The molecule has 1 aromatic carbocycles. The second-order valence-electron chi connectivity index (χ2n) is 6.86. The number of aromatic nitrogens is 2. The third kappa shape index (κ3) is 3.60. The topological polar surface area (TPSA) is 67.9 Å². The number of hydrogen-bond donors (Lipinski definition) is 0. The summed E-state index contributed by atoms with van der Waals surface area (Å²) in [6, 6.07) is 8.09. The molecule has 0 bridgehead atoms. The van der Waals surface area contributed by atoms with Gasteiger partial charge in [0.05, 0.1) is 18.6 Å². The van der Waals surface area contributed by atoms with Gasteiger partial charge in [0.15, 0.2) is 0 Å². The smallest absolute Gasteiger partial charge is 0.262 e. The van der Waals surface area contributed by atoms with Crippen LogP contribution in [0.4, 0.5) is 0 Å². The van der Waals surface area contributed by atoms with Gasteiger partial charge in [0.25, 0.3) is 5.56 Å². The van der Waals surface area contributed by atoms with E-state index in [0.29, 0.717) is 24.8 Å². The summed E-state index contributed by atoms with van der Waals surface area (Å²) in [5.74, 6) is 1.75. The Morgan fingerprint density at radius 2 is 2.15 bits per heavy atom. The van der Waals surface area contributed by atoms with Gasteiger partial charge in [-0.1, -0.05) is 19.9 Å². The van der Waals surface area contributed by atoms with E-state index in [2.05, 4.69) is 6.07 Å². The summed E-state index contributed by atoms with van der Waals surface area (Å²) in [5, 5.41) is 11.5. The predicted octanol–water partition coefficient (Wildman–Crippen LogP) is 4.87. The molecule has 0 saturated carbocycles. The lowest BCUT2D eigenvalue weighted by molar-refractivity contribution is 0.412. The molecule has 0 aliphatic rings. The van der Waals surface area contributed by atoms with E-state index < -0.39 is 0 Å². The second kappa shape index (κ2) is 7.93. The molecule has 0 saturated heterocycles. The molecule has 6 heteroatoms. The Morgan fingerprint density at radius 3 is 2.78 bits per heavy atom. The van der Waals surface area contributed by atoms with Crippen molar-refractivity contribution >= 4 is 21.6 Å². The molecule has 0 atom stereocenters. The molecule has 0 N–H and O–H groups in total. The summed E-state index contributed by atoms with van der Waals surface area (Å²) < 4.78 is 7.09. The highest BCUT2D eigenvalue weighted by Crippen LogP contribution is 2.34. The maximum Gasteiger partial charge on any atom is 0.262 e. The number of aryl methyl sites for hydroxylation is 1. The van der Waals surface area contributed by atoms with E-state index >= 15 is 0 Å². The lowest BCUT2D eigenvalue weighted by Crippen LogP contribution is -2.26. The van der Waals surface area contributed by atoms with Crippen molar-refractivity contribution in [1.82, 2.24) is 9.55 Å². The number of nitrogens with zero attached hydrogens (tertiary/aromatic N) is 3. The summed E-state index contributed by atoms with van der Waals surface area (Å²) in [6.45, 7) is 6.58. The first-order valence-corrected chi connectivity index (χ1v) is 9.89. The molecule has 0 amide bonds. The number of hydrogen-bond acceptors (Lipinski definition) is 5. The number of nitriles is 1. The summed E-state index contributed by atoms with van der Waals surface area (Å²) in [4.78, 5) is 18.9. The van der Waals surface area contributed by atoms with Crippen molar-refractivity contribution in [3.63, 3.8) is 0 Å². The molecule has 3 rings (SSSR count). The second-order valence-corrected chi connectivity index (χ2v) is 7.72. The summed E-state index contributed by atoms with van der Waals surface area (Å²) in [6.07, 6.45) is 1.07. The molecule has 0 unspecified atom stereocenters. The molecular weight excluding hydrogens is 358 g/mol. The minimum Gasteiger partial charge on any atom is -0.496 e. The number of ether oxygens (including phenoxy) is 1. The van der Waals surface area contributed by atoms with Crippen LogP contribution in [0.25, 0.3) is 21.3 Å². The van der Waals surface area contributed by atoms with E-state index in [1.807, 2.05) is 44.4 Å². The normalized spacial score (nSPS) is 11.1. The van der Waals surface area contributed by atoms with Crippen LogP contribution >= 0.6 is 11.3 Å². The average Bonchev–Trinajstić information content (AvgIpc) is 3.07. The van der Waals surface area contributed by atoms with Gasteiger partial charge in [0.2, 0.25) is 0 Å². The number of thiophene rings is 1. The lowest BCUT2D eigenvalue weighted by atomic mass is 10.0. The van der Waals surface area contributed by atoms with Gasteiger partial charge in [0, 0.05) is 29.8 Å². The van der Waals surface area contributed by atoms with Gasteiger partial charge < -0.3 is 4.74 Å². The van der Waals surface area contributed by atoms with Crippen molar-refractivity contribution in [2.75, 3.05) is 7.11 Å². The minimum atomic E-state index is -0.0219. The highest BCUT2D eigenvalue weighted by molar-refractivity contribution is 7.17. The zero-order chi connectivity index (χ0) is 19.6. The molecular formula is C21H23N3O2S. The van der Waals surface area contributed by atoms with Crippen molar-refractivity contribution in [2.24, 2.45) is 0 Å². The molecule has 5 nitrogen and oxygen atoms in total. The molecule has 0 spiro atoms. The first-order chi connectivity index (χ1) is 13.0. The third-order valence-electron chi connectivity index (χ3n) is 4.62. The quantitative estimate of drug-likeness (QED) is 0.571. The van der Waals surface area contributed by atoms with Gasteiger partial charge in [-0.3, -0.25) is 9.36 Å². The molecule has 0 radical (unpaired) electrons. The number of methoxy groups -OCH3 is 1. The zero-order valence-corrected chi connectivity index (χ0v) is 16.9. The molecule has 2 aromatic heterocycles. The monoisotopic (exact) mass is 381 g/mol. The van der Waals surface area contributed by atoms with Crippen molar-refractivity contribution < 1.29 is 4.74 Å². The number of unbranched alkanes of at least 4 members (excludes halogenated alkanes) is 1. The van der Waals surface area contributed by atoms with Crippen molar-refractivity contribution in [3.05, 3.63) is 45.3 Å². The van der Waals surface area contributed by atoms with E-state index in [-0.39, 0.29) is 11.5 Å². The van der Waals surface area contributed by atoms with Gasteiger partial charge in [-0.15, -0.1) is 11.3 Å². The van der Waals surface area contributed by atoms with E-state index in [4.69, 9.17) is 15.0 Å². The van der Waals surface area contributed by atoms with Crippen molar-refractivity contribution in [3.8, 4) is 22.9 Å². The summed E-state index contributed by atoms with van der Waals surface area (Å²) in [7, 11) is 1.65. The Balaban J connectivity index is 2.19. The standard InChI is InChI=1S/C21H23N3O2S/c1-13(2)19-23-20-18(21(25)24(19)10-6-5-9-22)16(12-27-20)15-7-8-17(26-4)14(3)11-15/h7-8,11-13H,5-6,10H2,1-4H3. The first kappa shape index (κ1) is 19.1. The number of benzene rings is 1. The highest BCUT2D eigenvalue weighted by Gasteiger charge is 2.18. The fourth-order valence-electron chi connectivity index (χ4n) is 3.27. The molecule has 0 aliphatic carbocycles. The maximum absolute atomic E-state index is 13.3. The summed E-state index contributed by atoms with van der Waals surface area (Å²) in [5.41, 5.74) is 2.89. The van der Waals surface area contributed by atoms with Crippen LogP contribution in [0.5, 0.6) is 5.75 Å². The molecule has 27 heavy (non-hydrogen) atoms. The van der Waals surface area contributed by atoms with Crippen LogP contribution in [-0.2, 0) is 6.54 Å².